The third-order valence-corrected chi connectivity index (χ3v) is 13.2. The van der Waals surface area contributed by atoms with Gasteiger partial charge in [0.15, 0.2) is 5.82 Å². The molecular weight excluding hydrogens is 773 g/mol. The number of benzene rings is 9. The van der Waals surface area contributed by atoms with E-state index in [0.29, 0.717) is 5.82 Å². The van der Waals surface area contributed by atoms with E-state index in [4.69, 9.17) is 9.97 Å². The molecule has 0 saturated heterocycles. The third-order valence-electron chi connectivity index (χ3n) is 13.2. The van der Waals surface area contributed by atoms with Crippen LogP contribution < -0.4 is 0 Å². The van der Waals surface area contributed by atoms with E-state index in [1.807, 2.05) is 6.07 Å². The number of fused-ring (bicyclic) bond motifs is 5. The predicted molar refractivity (Wildman–Crippen MR) is 266 cm³/mol. The molecule has 0 bridgehead atoms. The van der Waals surface area contributed by atoms with Crippen molar-refractivity contribution in [3.05, 3.63) is 276 Å². The molecule has 12 rings (SSSR count). The van der Waals surface area contributed by atoms with E-state index >= 15 is 0 Å². The van der Waals surface area contributed by atoms with Gasteiger partial charge in [0.05, 0.1) is 16.8 Å². The van der Waals surface area contributed by atoms with Crippen molar-refractivity contribution in [1.82, 2.24) is 9.97 Å². The van der Waals surface area contributed by atoms with Crippen LogP contribution in [0, 0.1) is 0 Å². The molecule has 0 aliphatic heterocycles. The average Bonchev–Trinajstić information content (AvgIpc) is 3.49. The van der Waals surface area contributed by atoms with Gasteiger partial charge in [-0.1, -0.05) is 218 Å². The van der Waals surface area contributed by atoms with Gasteiger partial charge in [-0.2, -0.15) is 0 Å². The van der Waals surface area contributed by atoms with Gasteiger partial charge in [0, 0.05) is 16.7 Å². The molecule has 2 heteroatoms. The second-order valence-electron chi connectivity index (χ2n) is 16.8. The van der Waals surface area contributed by atoms with E-state index in [9.17, 15) is 0 Å². The quantitative estimate of drug-likeness (QED) is 0.160. The molecule has 2 nitrogen and oxygen atoms in total. The molecule has 0 N–H and O–H groups in total. The van der Waals surface area contributed by atoms with Crippen molar-refractivity contribution in [2.75, 3.05) is 0 Å². The van der Waals surface area contributed by atoms with E-state index < -0.39 is 5.41 Å². The van der Waals surface area contributed by atoms with Gasteiger partial charge in [0.1, 0.15) is 0 Å². The fraction of sp³-hybridized carbons (Fsp3) is 0.0323. The SMILES string of the molecule is C1=Cc2cccc(-c3cc(-c4ccc5cc(-c6ccc7c(c6)C(c6ccccc6)(c6ccccc6)c6ccccc6-7)ccc5c4)nc(-c4ccccc4)n3)c2C(c2ccccc2)=CC1. The van der Waals surface area contributed by atoms with Crippen LogP contribution in [-0.4, -0.2) is 9.97 Å². The number of hydrogen-bond acceptors (Lipinski definition) is 2. The van der Waals surface area contributed by atoms with Crippen LogP contribution >= 0.6 is 0 Å². The molecule has 9 aromatic carbocycles. The van der Waals surface area contributed by atoms with Crippen LogP contribution in [0.2, 0.25) is 0 Å². The lowest BCUT2D eigenvalue weighted by atomic mass is 9.67. The summed E-state index contributed by atoms with van der Waals surface area (Å²) in [6.45, 7) is 0. The van der Waals surface area contributed by atoms with Crippen molar-refractivity contribution in [3.63, 3.8) is 0 Å². The highest BCUT2D eigenvalue weighted by Crippen LogP contribution is 2.56. The molecule has 2 aliphatic rings. The molecule has 300 valence electrons. The highest BCUT2D eigenvalue weighted by Gasteiger charge is 2.46. The van der Waals surface area contributed by atoms with Crippen LogP contribution in [0.25, 0.3) is 78.6 Å². The number of rotatable bonds is 7. The Labute approximate surface area is 374 Å². The maximum Gasteiger partial charge on any atom is 0.160 e. The molecule has 0 spiro atoms. The molecule has 0 atom stereocenters. The summed E-state index contributed by atoms with van der Waals surface area (Å²) in [7, 11) is 0. The number of aromatic nitrogens is 2. The molecule has 0 unspecified atom stereocenters. The van der Waals surface area contributed by atoms with E-state index in [1.165, 1.54) is 72.2 Å². The number of nitrogens with zero attached hydrogens (tertiary/aromatic N) is 2. The van der Waals surface area contributed by atoms with Crippen LogP contribution in [0.4, 0.5) is 0 Å². The Bertz CT molecular complexity index is 3400. The second kappa shape index (κ2) is 15.6. The molecule has 1 heterocycles. The van der Waals surface area contributed by atoms with Crippen molar-refractivity contribution in [2.45, 2.75) is 11.8 Å². The first-order valence-corrected chi connectivity index (χ1v) is 22.1. The first-order chi connectivity index (χ1) is 31.7. The normalized spacial score (nSPS) is 13.4. The number of hydrogen-bond donors (Lipinski definition) is 0. The minimum atomic E-state index is -0.445. The Morgan fingerprint density at radius 2 is 0.938 bits per heavy atom. The van der Waals surface area contributed by atoms with E-state index in [1.54, 1.807) is 0 Å². The minimum absolute atomic E-state index is 0.445. The topological polar surface area (TPSA) is 25.8 Å². The van der Waals surface area contributed by atoms with Gasteiger partial charge >= 0.3 is 0 Å². The summed E-state index contributed by atoms with van der Waals surface area (Å²) in [5.41, 5.74) is 19.4. The summed E-state index contributed by atoms with van der Waals surface area (Å²) >= 11 is 0. The Hall–Kier alpha value is -8.20. The summed E-state index contributed by atoms with van der Waals surface area (Å²) in [4.78, 5) is 10.6. The largest absolute Gasteiger partial charge is 0.228 e. The first-order valence-electron chi connectivity index (χ1n) is 22.1. The number of allylic oxidation sites excluding steroid dienone is 2. The van der Waals surface area contributed by atoms with E-state index in [2.05, 4.69) is 237 Å². The van der Waals surface area contributed by atoms with Gasteiger partial charge in [0.25, 0.3) is 0 Å². The van der Waals surface area contributed by atoms with Crippen molar-refractivity contribution >= 4 is 22.4 Å². The average molecular weight is 815 g/mol. The third kappa shape index (κ3) is 6.26. The fourth-order valence-electron chi connectivity index (χ4n) is 10.2. The standard InChI is InChI=1S/C62H42N2/c1-5-18-42(19-6-1)52-28-14-13-20-43-23-17-30-55(60(43)52)59-41-58(63-61(64-59)44-21-7-2-8-22-44)49-35-34-45-38-46(32-33-47(45)39-49)48-36-37-54-53-29-15-16-31-56(53)62(57(54)40-48,50-24-9-3-10-25-50)51-26-11-4-12-27-51/h1-13,15-41H,14H2. The predicted octanol–water partition coefficient (Wildman–Crippen LogP) is 15.5. The lowest BCUT2D eigenvalue weighted by Crippen LogP contribution is -2.28. The Morgan fingerprint density at radius 1 is 0.375 bits per heavy atom. The Balaban J connectivity index is 0.973. The summed E-state index contributed by atoms with van der Waals surface area (Å²) in [5.74, 6) is 0.705. The Kier molecular flexibility index (Phi) is 9.16. The van der Waals surface area contributed by atoms with Crippen molar-refractivity contribution in [2.24, 2.45) is 0 Å². The lowest BCUT2D eigenvalue weighted by Gasteiger charge is -2.34. The summed E-state index contributed by atoms with van der Waals surface area (Å²) in [5, 5.41) is 2.34. The smallest absolute Gasteiger partial charge is 0.160 e. The second-order valence-corrected chi connectivity index (χ2v) is 16.8. The van der Waals surface area contributed by atoms with Crippen LogP contribution in [0.3, 0.4) is 0 Å². The van der Waals surface area contributed by atoms with E-state index in [0.717, 1.165) is 39.9 Å². The monoisotopic (exact) mass is 814 g/mol. The zero-order valence-corrected chi connectivity index (χ0v) is 35.2. The van der Waals surface area contributed by atoms with Gasteiger partial charge in [-0.15, -0.1) is 0 Å². The maximum atomic E-state index is 5.30. The van der Waals surface area contributed by atoms with Crippen LogP contribution in [0.5, 0.6) is 0 Å². The highest BCUT2D eigenvalue weighted by molar-refractivity contribution is 5.95. The van der Waals surface area contributed by atoms with Crippen molar-refractivity contribution in [3.8, 4) is 56.2 Å². The van der Waals surface area contributed by atoms with Gasteiger partial charge in [-0.05, 0) is 108 Å². The highest BCUT2D eigenvalue weighted by atomic mass is 14.9. The molecule has 0 fully saturated rings. The molecule has 0 amide bonds. The van der Waals surface area contributed by atoms with Crippen molar-refractivity contribution in [1.29, 1.82) is 0 Å². The molecular formula is C62H42N2. The summed E-state index contributed by atoms with van der Waals surface area (Å²) < 4.78 is 0. The molecule has 64 heavy (non-hydrogen) atoms. The van der Waals surface area contributed by atoms with Crippen LogP contribution in [0.15, 0.2) is 237 Å². The van der Waals surface area contributed by atoms with Gasteiger partial charge in [0.2, 0.25) is 0 Å². The summed E-state index contributed by atoms with van der Waals surface area (Å²) in [6, 6.07) is 81.4. The molecule has 2 aliphatic carbocycles. The van der Waals surface area contributed by atoms with Crippen LogP contribution in [-0.2, 0) is 5.41 Å². The molecule has 0 saturated carbocycles. The van der Waals surface area contributed by atoms with E-state index in [-0.39, 0.29) is 0 Å². The van der Waals surface area contributed by atoms with Gasteiger partial charge in [-0.25, -0.2) is 9.97 Å². The molecule has 10 aromatic rings. The van der Waals surface area contributed by atoms with Gasteiger partial charge in [-0.3, -0.25) is 0 Å². The Morgan fingerprint density at radius 3 is 1.67 bits per heavy atom. The summed E-state index contributed by atoms with van der Waals surface area (Å²) in [6.07, 6.45) is 7.69. The van der Waals surface area contributed by atoms with Crippen LogP contribution in [0.1, 0.15) is 45.4 Å². The zero-order valence-electron chi connectivity index (χ0n) is 35.2. The minimum Gasteiger partial charge on any atom is -0.228 e. The maximum absolute atomic E-state index is 5.30. The van der Waals surface area contributed by atoms with Gasteiger partial charge < -0.3 is 0 Å². The van der Waals surface area contributed by atoms with Crippen molar-refractivity contribution < 1.29 is 0 Å². The molecule has 0 radical (unpaired) electrons. The fourth-order valence-corrected chi connectivity index (χ4v) is 10.2. The molecule has 1 aromatic heterocycles. The zero-order chi connectivity index (χ0) is 42.5. The lowest BCUT2D eigenvalue weighted by molar-refractivity contribution is 0.769. The first kappa shape index (κ1) is 37.6.